The number of hydrogen-bond acceptors (Lipinski definition) is 6. The number of piperazine rings is 1. The first-order chi connectivity index (χ1) is 17.4. The summed E-state index contributed by atoms with van der Waals surface area (Å²) in [6.07, 6.45) is 0.523. The number of carbonyl (C=O) groups is 4. The molecule has 8 heteroatoms. The van der Waals surface area contributed by atoms with Crippen molar-refractivity contribution >= 4 is 29.2 Å². The minimum atomic E-state index is -1.18. The molecule has 0 N–H and O–H groups in total. The zero-order chi connectivity index (χ0) is 25.7. The van der Waals surface area contributed by atoms with E-state index in [2.05, 4.69) is 4.90 Å². The van der Waals surface area contributed by atoms with Gasteiger partial charge in [-0.25, -0.2) is 0 Å². The topological polar surface area (TPSA) is 87.2 Å². The molecule has 2 heterocycles. The third kappa shape index (κ3) is 5.18. The fourth-order valence-electron chi connectivity index (χ4n) is 5.11. The van der Waals surface area contributed by atoms with Crippen LogP contribution >= 0.6 is 0 Å². The summed E-state index contributed by atoms with van der Waals surface area (Å²) in [5, 5.41) is 0. The number of benzene rings is 2. The van der Waals surface area contributed by atoms with Crippen LogP contribution in [0.5, 0.6) is 0 Å². The van der Waals surface area contributed by atoms with E-state index in [0.29, 0.717) is 50.3 Å². The Morgan fingerprint density at radius 2 is 1.61 bits per heavy atom. The molecule has 3 amide bonds. The Morgan fingerprint density at radius 1 is 0.944 bits per heavy atom. The third-order valence-electron chi connectivity index (χ3n) is 7.19. The molecule has 2 fully saturated rings. The Bertz CT molecular complexity index is 1110. The number of hydrogen-bond donors (Lipinski definition) is 0. The highest BCUT2D eigenvalue weighted by Gasteiger charge is 2.53. The molecule has 36 heavy (non-hydrogen) atoms. The number of ether oxygens (including phenoxy) is 1. The Labute approximate surface area is 211 Å². The quantitative estimate of drug-likeness (QED) is 0.305. The van der Waals surface area contributed by atoms with E-state index in [-0.39, 0.29) is 42.9 Å². The van der Waals surface area contributed by atoms with Gasteiger partial charge in [-0.2, -0.15) is 0 Å². The van der Waals surface area contributed by atoms with Gasteiger partial charge in [-0.05, 0) is 43.2 Å². The second-order valence-electron chi connectivity index (χ2n) is 9.47. The van der Waals surface area contributed by atoms with E-state index in [0.717, 1.165) is 5.69 Å². The number of ketones is 1. The first-order valence-electron chi connectivity index (χ1n) is 12.4. The van der Waals surface area contributed by atoms with Gasteiger partial charge in [0.2, 0.25) is 17.7 Å². The molecule has 190 valence electrons. The molecule has 2 aliphatic rings. The van der Waals surface area contributed by atoms with Crippen molar-refractivity contribution < 1.29 is 23.9 Å². The van der Waals surface area contributed by atoms with Gasteiger partial charge in [-0.1, -0.05) is 30.3 Å². The molecule has 0 unspecified atom stereocenters. The smallest absolute Gasteiger partial charge is 0.240 e. The summed E-state index contributed by atoms with van der Waals surface area (Å²) in [5.74, 6) is -0.634. The Morgan fingerprint density at radius 3 is 2.22 bits per heavy atom. The van der Waals surface area contributed by atoms with E-state index in [4.69, 9.17) is 4.74 Å². The second kappa shape index (κ2) is 11.0. The molecule has 0 saturated carbocycles. The summed E-state index contributed by atoms with van der Waals surface area (Å²) in [4.78, 5) is 56.8. The van der Waals surface area contributed by atoms with Gasteiger partial charge in [0, 0.05) is 70.5 Å². The van der Waals surface area contributed by atoms with Gasteiger partial charge in [0.15, 0.2) is 5.78 Å². The molecular formula is C28H33N3O5. The lowest BCUT2D eigenvalue weighted by molar-refractivity contribution is -0.143. The van der Waals surface area contributed by atoms with E-state index in [1.807, 2.05) is 54.6 Å². The number of methoxy groups -OCH3 is 1. The molecule has 0 spiro atoms. The number of nitrogens with zero attached hydrogens (tertiary/aromatic N) is 3. The number of Topliss-reactive ketones (excluding diaryl/α,β-unsaturated/α-hetero) is 1. The Kier molecular flexibility index (Phi) is 7.84. The van der Waals surface area contributed by atoms with Crippen molar-refractivity contribution in [2.24, 2.45) is 0 Å². The molecule has 2 aromatic rings. The van der Waals surface area contributed by atoms with Crippen LogP contribution in [0.15, 0.2) is 54.6 Å². The van der Waals surface area contributed by atoms with Crippen molar-refractivity contribution in [1.29, 1.82) is 0 Å². The van der Waals surface area contributed by atoms with E-state index in [9.17, 15) is 19.2 Å². The number of rotatable bonds is 9. The molecule has 2 aromatic carbocycles. The van der Waals surface area contributed by atoms with Gasteiger partial charge in [0.25, 0.3) is 0 Å². The minimum absolute atomic E-state index is 0.00295. The number of anilines is 1. The number of imide groups is 1. The largest absolute Gasteiger partial charge is 0.385 e. The summed E-state index contributed by atoms with van der Waals surface area (Å²) in [7, 11) is 1.58. The van der Waals surface area contributed by atoms with Gasteiger partial charge in [-0.3, -0.25) is 24.1 Å². The molecule has 2 aliphatic heterocycles. The summed E-state index contributed by atoms with van der Waals surface area (Å²) in [6, 6.07) is 16.7. The predicted octanol–water partition coefficient (Wildman–Crippen LogP) is 2.66. The van der Waals surface area contributed by atoms with Gasteiger partial charge >= 0.3 is 0 Å². The highest BCUT2D eigenvalue weighted by molar-refractivity contribution is 6.10. The molecule has 2 saturated heterocycles. The monoisotopic (exact) mass is 491 g/mol. The summed E-state index contributed by atoms with van der Waals surface area (Å²) in [5.41, 5.74) is 1.21. The highest BCUT2D eigenvalue weighted by Crippen LogP contribution is 2.40. The molecule has 0 aliphatic carbocycles. The van der Waals surface area contributed by atoms with E-state index in [1.165, 1.54) is 4.90 Å². The maximum Gasteiger partial charge on any atom is 0.240 e. The van der Waals surface area contributed by atoms with Crippen molar-refractivity contribution in [2.45, 2.75) is 31.6 Å². The molecule has 0 aromatic heterocycles. The fraction of sp³-hybridized carbons (Fsp3) is 0.429. The molecule has 1 atom stereocenters. The van der Waals surface area contributed by atoms with E-state index in [1.54, 1.807) is 18.9 Å². The van der Waals surface area contributed by atoms with Crippen LogP contribution in [-0.2, 0) is 24.5 Å². The first kappa shape index (κ1) is 25.6. The minimum Gasteiger partial charge on any atom is -0.385 e. The SMILES string of the molecule is COCCCN1C(=O)C[C@](CC(=O)N2CCN(c3ccc(C(C)=O)cc3)CC2)(c2ccccc2)C1=O. The Hall–Kier alpha value is -3.52. The van der Waals surface area contributed by atoms with Gasteiger partial charge in [0.1, 0.15) is 0 Å². The van der Waals surface area contributed by atoms with Crippen LogP contribution in [0, 0.1) is 0 Å². The maximum absolute atomic E-state index is 13.6. The summed E-state index contributed by atoms with van der Waals surface area (Å²) >= 11 is 0. The van der Waals surface area contributed by atoms with Gasteiger partial charge in [-0.15, -0.1) is 0 Å². The normalized spacial score (nSPS) is 20.2. The van der Waals surface area contributed by atoms with E-state index < -0.39 is 5.41 Å². The average Bonchev–Trinajstić information content (AvgIpc) is 3.14. The zero-order valence-corrected chi connectivity index (χ0v) is 20.9. The second-order valence-corrected chi connectivity index (χ2v) is 9.47. The van der Waals surface area contributed by atoms with Crippen molar-refractivity contribution in [3.63, 3.8) is 0 Å². The van der Waals surface area contributed by atoms with Crippen LogP contribution in [0.1, 0.15) is 42.1 Å². The molecule has 4 rings (SSSR count). The van der Waals surface area contributed by atoms with Crippen molar-refractivity contribution in [3.05, 3.63) is 65.7 Å². The maximum atomic E-state index is 13.6. The van der Waals surface area contributed by atoms with Crippen molar-refractivity contribution in [3.8, 4) is 0 Å². The first-order valence-corrected chi connectivity index (χ1v) is 12.4. The fourth-order valence-corrected chi connectivity index (χ4v) is 5.11. The van der Waals surface area contributed by atoms with Crippen LogP contribution in [0.2, 0.25) is 0 Å². The molecule has 0 radical (unpaired) electrons. The number of likely N-dealkylation sites (tertiary alicyclic amines) is 1. The summed E-state index contributed by atoms with van der Waals surface area (Å²) in [6.45, 7) is 4.64. The van der Waals surface area contributed by atoms with Gasteiger partial charge < -0.3 is 14.5 Å². The lowest BCUT2D eigenvalue weighted by Crippen LogP contribution is -2.51. The van der Waals surface area contributed by atoms with Crippen LogP contribution in [0.25, 0.3) is 0 Å². The standard InChI is InChI=1S/C28H33N3O5/c1-21(32)22-9-11-24(12-10-22)29-14-16-30(17-15-29)25(33)19-28(23-7-4-3-5-8-23)20-26(34)31(27(28)35)13-6-18-36-2/h3-5,7-12H,6,13-20H2,1-2H3/t28-/m1/s1. The number of amides is 3. The number of carbonyl (C=O) groups excluding carboxylic acids is 4. The highest BCUT2D eigenvalue weighted by atomic mass is 16.5. The molecular weight excluding hydrogens is 458 g/mol. The van der Waals surface area contributed by atoms with E-state index >= 15 is 0 Å². The summed E-state index contributed by atoms with van der Waals surface area (Å²) < 4.78 is 5.08. The molecule has 8 nitrogen and oxygen atoms in total. The Balaban J connectivity index is 1.46. The van der Waals surface area contributed by atoms with Gasteiger partial charge in [0.05, 0.1) is 5.41 Å². The van der Waals surface area contributed by atoms with Crippen molar-refractivity contribution in [1.82, 2.24) is 9.80 Å². The predicted molar refractivity (Wildman–Crippen MR) is 136 cm³/mol. The lowest BCUT2D eigenvalue weighted by atomic mass is 9.75. The van der Waals surface area contributed by atoms with Crippen LogP contribution < -0.4 is 4.90 Å². The molecule has 0 bridgehead atoms. The third-order valence-corrected chi connectivity index (χ3v) is 7.19. The van der Waals surface area contributed by atoms with Crippen LogP contribution in [0.4, 0.5) is 5.69 Å². The lowest BCUT2D eigenvalue weighted by Gasteiger charge is -2.37. The zero-order valence-electron chi connectivity index (χ0n) is 20.9. The van der Waals surface area contributed by atoms with Crippen LogP contribution in [-0.4, -0.2) is 79.7 Å². The van der Waals surface area contributed by atoms with Crippen LogP contribution in [0.3, 0.4) is 0 Å². The average molecular weight is 492 g/mol. The van der Waals surface area contributed by atoms with Crippen molar-refractivity contribution in [2.75, 3.05) is 51.3 Å².